The molecule has 0 heterocycles. The lowest BCUT2D eigenvalue weighted by atomic mass is 10.1. The average Bonchev–Trinajstić information content (AvgIpc) is 2.41. The maximum Gasteiger partial charge on any atom is 0.0471 e. The molecule has 0 saturated heterocycles. The zero-order chi connectivity index (χ0) is 15.9. The number of hydrogen-bond acceptors (Lipinski definition) is 3. The normalized spacial score (nSPS) is 11.7. The van der Waals surface area contributed by atoms with Gasteiger partial charge >= 0.3 is 0 Å². The summed E-state index contributed by atoms with van der Waals surface area (Å²) >= 11 is 6.39. The minimum absolute atomic E-state index is 0.0888. The van der Waals surface area contributed by atoms with E-state index in [1.807, 2.05) is 6.07 Å². The Balaban J connectivity index is 2.56. The number of nitrogens with zero attached hydrogens (tertiary/aromatic N) is 1. The van der Waals surface area contributed by atoms with Crippen molar-refractivity contribution in [2.75, 3.05) is 25.1 Å². The molecule has 1 aromatic carbocycles. The molecule has 1 aromatic rings. The van der Waals surface area contributed by atoms with Crippen LogP contribution < -0.4 is 10.2 Å². The smallest absolute Gasteiger partial charge is 0.0471 e. The summed E-state index contributed by atoms with van der Waals surface area (Å²) in [5, 5.41) is 13.1. The molecule has 0 aliphatic heterocycles. The average molecular weight is 313 g/mol. The van der Waals surface area contributed by atoms with E-state index in [1.54, 1.807) is 0 Å². The molecule has 4 heteroatoms. The van der Waals surface area contributed by atoms with Crippen LogP contribution in [-0.2, 0) is 6.54 Å². The Morgan fingerprint density at radius 2 is 1.90 bits per heavy atom. The molecule has 0 fully saturated rings. The van der Waals surface area contributed by atoms with Gasteiger partial charge in [0.15, 0.2) is 0 Å². The van der Waals surface area contributed by atoms with Crippen molar-refractivity contribution in [1.29, 1.82) is 0 Å². The summed E-state index contributed by atoms with van der Waals surface area (Å²) in [6.45, 7) is 8.49. The molecule has 120 valence electrons. The molecule has 0 saturated carbocycles. The highest BCUT2D eigenvalue weighted by Gasteiger charge is 2.11. The molecule has 21 heavy (non-hydrogen) atoms. The summed E-state index contributed by atoms with van der Waals surface area (Å²) in [5.41, 5.74) is 2.36. The van der Waals surface area contributed by atoms with Gasteiger partial charge in [0.25, 0.3) is 0 Å². The number of benzene rings is 1. The number of aliphatic hydroxyl groups excluding tert-OH is 1. The Hall–Kier alpha value is -0.770. The van der Waals surface area contributed by atoms with Gasteiger partial charge in [-0.2, -0.15) is 0 Å². The molecule has 0 aliphatic carbocycles. The molecular weight excluding hydrogens is 284 g/mol. The summed E-state index contributed by atoms with van der Waals surface area (Å²) in [5.74, 6) is 0. The molecule has 0 aliphatic rings. The Bertz CT molecular complexity index is 429. The van der Waals surface area contributed by atoms with E-state index in [9.17, 15) is 0 Å². The first-order valence-corrected chi connectivity index (χ1v) is 8.07. The van der Waals surface area contributed by atoms with Gasteiger partial charge in [-0.25, -0.2) is 0 Å². The van der Waals surface area contributed by atoms with Crippen LogP contribution in [0, 0.1) is 0 Å². The van der Waals surface area contributed by atoms with Crippen molar-refractivity contribution < 1.29 is 5.11 Å². The number of anilines is 1. The first kappa shape index (κ1) is 18.3. The first-order valence-electron chi connectivity index (χ1n) is 7.69. The highest BCUT2D eigenvalue weighted by atomic mass is 35.5. The van der Waals surface area contributed by atoms with Crippen molar-refractivity contribution in [2.45, 2.75) is 52.1 Å². The van der Waals surface area contributed by atoms with E-state index in [0.29, 0.717) is 0 Å². The molecule has 3 nitrogen and oxygen atoms in total. The van der Waals surface area contributed by atoms with E-state index in [-0.39, 0.29) is 12.1 Å². The SMILES string of the molecule is CN(CCCCCO)c1ccc(CNC(C)(C)C)c(Cl)c1. The standard InChI is InChI=1S/C17H29ClN2O/c1-17(2,3)19-13-14-8-9-15(12-16(14)18)20(4)10-6-5-7-11-21/h8-9,12,19,21H,5-7,10-11,13H2,1-4H3. The highest BCUT2D eigenvalue weighted by molar-refractivity contribution is 6.31. The van der Waals surface area contributed by atoms with E-state index in [1.165, 1.54) is 0 Å². The number of aliphatic hydroxyl groups is 1. The Morgan fingerprint density at radius 1 is 1.19 bits per heavy atom. The minimum atomic E-state index is 0.0888. The van der Waals surface area contributed by atoms with Crippen molar-refractivity contribution in [2.24, 2.45) is 0 Å². The fourth-order valence-electron chi connectivity index (χ4n) is 2.04. The predicted octanol–water partition coefficient (Wildman–Crippen LogP) is 3.83. The second-order valence-electron chi connectivity index (χ2n) is 6.59. The third kappa shape index (κ3) is 7.16. The number of nitrogens with one attached hydrogen (secondary N) is 1. The summed E-state index contributed by atoms with van der Waals surface area (Å²) in [7, 11) is 2.08. The van der Waals surface area contributed by atoms with Crippen LogP contribution in [0.5, 0.6) is 0 Å². The Kier molecular flexibility index (Phi) is 7.50. The summed E-state index contributed by atoms with van der Waals surface area (Å²) in [6, 6.07) is 6.26. The van der Waals surface area contributed by atoms with Crippen LogP contribution in [0.1, 0.15) is 45.6 Å². The van der Waals surface area contributed by atoms with Gasteiger partial charge in [-0.05, 0) is 57.7 Å². The third-order valence-electron chi connectivity index (χ3n) is 3.44. The summed E-state index contributed by atoms with van der Waals surface area (Å²) < 4.78 is 0. The van der Waals surface area contributed by atoms with Crippen LogP contribution in [0.25, 0.3) is 0 Å². The van der Waals surface area contributed by atoms with Crippen molar-refractivity contribution in [1.82, 2.24) is 5.32 Å². The fraction of sp³-hybridized carbons (Fsp3) is 0.647. The topological polar surface area (TPSA) is 35.5 Å². The second kappa shape index (κ2) is 8.62. The van der Waals surface area contributed by atoms with E-state index >= 15 is 0 Å². The van der Waals surface area contributed by atoms with Gasteiger partial charge < -0.3 is 15.3 Å². The lowest BCUT2D eigenvalue weighted by Gasteiger charge is -2.23. The van der Waals surface area contributed by atoms with Gasteiger partial charge in [-0.1, -0.05) is 17.7 Å². The number of hydrogen-bond donors (Lipinski definition) is 2. The molecule has 2 N–H and O–H groups in total. The van der Waals surface area contributed by atoms with Crippen molar-refractivity contribution in [3.63, 3.8) is 0 Å². The largest absolute Gasteiger partial charge is 0.396 e. The monoisotopic (exact) mass is 312 g/mol. The van der Waals surface area contributed by atoms with Gasteiger partial charge in [-0.3, -0.25) is 0 Å². The van der Waals surface area contributed by atoms with Crippen molar-refractivity contribution in [3.8, 4) is 0 Å². The lowest BCUT2D eigenvalue weighted by Crippen LogP contribution is -2.35. The van der Waals surface area contributed by atoms with Gasteiger partial charge in [0.2, 0.25) is 0 Å². The first-order chi connectivity index (χ1) is 9.83. The predicted molar refractivity (Wildman–Crippen MR) is 92.3 cm³/mol. The molecule has 0 bridgehead atoms. The quantitative estimate of drug-likeness (QED) is 0.716. The van der Waals surface area contributed by atoms with Crippen LogP contribution in [0.4, 0.5) is 5.69 Å². The molecular formula is C17H29ClN2O. The summed E-state index contributed by atoms with van der Waals surface area (Å²) in [4.78, 5) is 2.21. The van der Waals surface area contributed by atoms with Gasteiger partial charge in [0, 0.05) is 43.0 Å². The van der Waals surface area contributed by atoms with Crippen LogP contribution >= 0.6 is 11.6 Å². The Labute approximate surface area is 134 Å². The molecule has 0 radical (unpaired) electrons. The zero-order valence-electron chi connectivity index (χ0n) is 13.7. The zero-order valence-corrected chi connectivity index (χ0v) is 14.5. The van der Waals surface area contributed by atoms with Crippen molar-refractivity contribution >= 4 is 17.3 Å². The molecule has 0 spiro atoms. The fourth-order valence-corrected chi connectivity index (χ4v) is 2.29. The second-order valence-corrected chi connectivity index (χ2v) is 6.99. The van der Waals surface area contributed by atoms with E-state index in [2.05, 4.69) is 50.2 Å². The lowest BCUT2D eigenvalue weighted by molar-refractivity contribution is 0.283. The molecule has 1 rings (SSSR count). The number of unbranched alkanes of at least 4 members (excludes halogenated alkanes) is 2. The maximum absolute atomic E-state index is 8.79. The van der Waals surface area contributed by atoms with Crippen LogP contribution in [-0.4, -0.2) is 30.8 Å². The Morgan fingerprint density at radius 3 is 2.48 bits per heavy atom. The summed E-state index contributed by atoms with van der Waals surface area (Å²) in [6.07, 6.45) is 3.02. The molecule has 0 atom stereocenters. The van der Waals surface area contributed by atoms with Crippen LogP contribution in [0.15, 0.2) is 18.2 Å². The van der Waals surface area contributed by atoms with Gasteiger partial charge in [0.05, 0.1) is 0 Å². The van der Waals surface area contributed by atoms with Crippen LogP contribution in [0.3, 0.4) is 0 Å². The molecule has 0 unspecified atom stereocenters. The minimum Gasteiger partial charge on any atom is -0.396 e. The van der Waals surface area contributed by atoms with Crippen molar-refractivity contribution in [3.05, 3.63) is 28.8 Å². The highest BCUT2D eigenvalue weighted by Crippen LogP contribution is 2.24. The van der Waals surface area contributed by atoms with Gasteiger partial charge in [-0.15, -0.1) is 0 Å². The number of rotatable bonds is 8. The van der Waals surface area contributed by atoms with Gasteiger partial charge in [0.1, 0.15) is 0 Å². The third-order valence-corrected chi connectivity index (χ3v) is 3.79. The number of halogens is 1. The maximum atomic E-state index is 8.79. The van der Waals surface area contributed by atoms with E-state index < -0.39 is 0 Å². The van der Waals surface area contributed by atoms with E-state index in [0.717, 1.165) is 48.6 Å². The molecule has 0 aromatic heterocycles. The van der Waals surface area contributed by atoms with E-state index in [4.69, 9.17) is 16.7 Å². The van der Waals surface area contributed by atoms with Crippen LogP contribution in [0.2, 0.25) is 5.02 Å². The molecule has 0 amide bonds.